The van der Waals surface area contributed by atoms with E-state index < -0.39 is 9.84 Å². The molecular formula is C19H26ClNO3S. The van der Waals surface area contributed by atoms with Crippen LogP contribution in [-0.4, -0.2) is 32.4 Å². The number of hydrogen-bond acceptors (Lipinski definition) is 4. The maximum atomic E-state index is 11.5. The van der Waals surface area contributed by atoms with Crippen LogP contribution in [0.25, 0.3) is 0 Å². The number of aliphatic hydroxyl groups excluding tert-OH is 1. The lowest BCUT2D eigenvalue weighted by Gasteiger charge is -2.22. The Kier molecular flexibility index (Phi) is 8.59. The Morgan fingerprint density at radius 3 is 2.16 bits per heavy atom. The molecule has 6 heteroatoms. The highest BCUT2D eigenvalue weighted by atomic mass is 35.5. The minimum absolute atomic E-state index is 0. The monoisotopic (exact) mass is 383 g/mol. The average molecular weight is 384 g/mol. The molecule has 4 nitrogen and oxygen atoms in total. The maximum Gasteiger partial charge on any atom is 0.175 e. The molecule has 0 bridgehead atoms. The van der Waals surface area contributed by atoms with E-state index in [0.29, 0.717) is 4.90 Å². The molecule has 2 N–H and O–H groups in total. The minimum Gasteiger partial charge on any atom is -0.394 e. The molecule has 0 aliphatic carbocycles. The summed E-state index contributed by atoms with van der Waals surface area (Å²) in [4.78, 5) is 0.349. The Hall–Kier alpha value is -1.40. The molecule has 2 aromatic rings. The predicted octanol–water partition coefficient (Wildman–Crippen LogP) is 3.16. The first kappa shape index (κ1) is 21.6. The fourth-order valence-electron chi connectivity index (χ4n) is 2.65. The van der Waals surface area contributed by atoms with Crippen LogP contribution in [0.2, 0.25) is 0 Å². The van der Waals surface area contributed by atoms with Crippen LogP contribution in [0.4, 0.5) is 0 Å². The Labute approximate surface area is 156 Å². The fourth-order valence-corrected chi connectivity index (χ4v) is 3.28. The van der Waals surface area contributed by atoms with Crippen molar-refractivity contribution in [3.8, 4) is 0 Å². The van der Waals surface area contributed by atoms with Gasteiger partial charge in [0.1, 0.15) is 0 Å². The number of nitrogens with one attached hydrogen (secondary N) is 1. The molecule has 25 heavy (non-hydrogen) atoms. The summed E-state index contributed by atoms with van der Waals surface area (Å²) in [5.74, 6) is 0. The van der Waals surface area contributed by atoms with Crippen LogP contribution in [0, 0.1) is 0 Å². The van der Waals surface area contributed by atoms with Crippen molar-refractivity contribution >= 4 is 22.2 Å². The van der Waals surface area contributed by atoms with Gasteiger partial charge < -0.3 is 10.4 Å². The van der Waals surface area contributed by atoms with Crippen LogP contribution in [0.5, 0.6) is 0 Å². The van der Waals surface area contributed by atoms with Gasteiger partial charge in [0, 0.05) is 12.3 Å². The third-order valence-electron chi connectivity index (χ3n) is 4.09. The zero-order valence-corrected chi connectivity index (χ0v) is 16.2. The summed E-state index contributed by atoms with van der Waals surface area (Å²) in [5, 5.41) is 13.0. The third-order valence-corrected chi connectivity index (χ3v) is 5.22. The molecule has 2 atom stereocenters. The van der Waals surface area contributed by atoms with Crippen LogP contribution < -0.4 is 5.32 Å². The second kappa shape index (κ2) is 9.92. The van der Waals surface area contributed by atoms with Gasteiger partial charge in [0.15, 0.2) is 9.84 Å². The van der Waals surface area contributed by atoms with Gasteiger partial charge in [-0.1, -0.05) is 42.5 Å². The van der Waals surface area contributed by atoms with E-state index in [0.717, 1.165) is 24.0 Å². The van der Waals surface area contributed by atoms with Crippen molar-refractivity contribution in [2.24, 2.45) is 0 Å². The van der Waals surface area contributed by atoms with Gasteiger partial charge in [-0.15, -0.1) is 12.4 Å². The van der Waals surface area contributed by atoms with Gasteiger partial charge in [-0.3, -0.25) is 0 Å². The molecule has 2 unspecified atom stereocenters. The molecule has 0 amide bonds. The van der Waals surface area contributed by atoms with Gasteiger partial charge in [0.2, 0.25) is 0 Å². The van der Waals surface area contributed by atoms with Gasteiger partial charge in [-0.05, 0) is 43.0 Å². The highest BCUT2D eigenvalue weighted by molar-refractivity contribution is 7.90. The number of rotatable bonds is 8. The summed E-state index contributed by atoms with van der Waals surface area (Å²) in [6.45, 7) is 2.15. The average Bonchev–Trinajstić information content (AvgIpc) is 2.58. The van der Waals surface area contributed by atoms with Crippen LogP contribution in [0.15, 0.2) is 59.5 Å². The van der Waals surface area contributed by atoms with Crippen molar-refractivity contribution in [1.82, 2.24) is 5.32 Å². The van der Waals surface area contributed by atoms with Crippen molar-refractivity contribution in [2.75, 3.05) is 12.9 Å². The van der Waals surface area contributed by atoms with E-state index in [1.165, 1.54) is 6.26 Å². The number of aryl methyl sites for hydroxylation is 1. The highest BCUT2D eigenvalue weighted by Crippen LogP contribution is 2.15. The van der Waals surface area contributed by atoms with Gasteiger partial charge in [0.25, 0.3) is 0 Å². The summed E-state index contributed by atoms with van der Waals surface area (Å²) >= 11 is 0. The van der Waals surface area contributed by atoms with E-state index >= 15 is 0 Å². The van der Waals surface area contributed by atoms with E-state index in [-0.39, 0.29) is 31.1 Å². The first-order valence-corrected chi connectivity index (χ1v) is 10.00. The molecular weight excluding hydrogens is 358 g/mol. The molecule has 0 radical (unpaired) electrons. The van der Waals surface area contributed by atoms with Crippen molar-refractivity contribution in [1.29, 1.82) is 0 Å². The molecule has 2 aromatic carbocycles. The molecule has 0 saturated carbocycles. The van der Waals surface area contributed by atoms with Gasteiger partial charge in [-0.2, -0.15) is 0 Å². The van der Waals surface area contributed by atoms with Gasteiger partial charge >= 0.3 is 0 Å². The molecule has 2 rings (SSSR count). The molecule has 0 heterocycles. The normalized spacial score (nSPS) is 13.7. The topological polar surface area (TPSA) is 66.4 Å². The second-order valence-corrected chi connectivity index (χ2v) is 8.18. The van der Waals surface area contributed by atoms with Crippen molar-refractivity contribution in [3.05, 3.63) is 65.7 Å². The first-order chi connectivity index (χ1) is 11.4. The molecule has 0 aliphatic rings. The SMILES string of the molecule is CC(CCc1ccc(S(C)(=O)=O)cc1)NC(CO)c1ccccc1.Cl. The third kappa shape index (κ3) is 6.78. The Balaban J connectivity index is 0.00000312. The quantitative estimate of drug-likeness (QED) is 0.734. The van der Waals surface area contributed by atoms with Gasteiger partial charge in [-0.25, -0.2) is 8.42 Å². The van der Waals surface area contributed by atoms with E-state index in [1.54, 1.807) is 12.1 Å². The lowest BCUT2D eigenvalue weighted by molar-refractivity contribution is 0.233. The molecule has 0 aliphatic heterocycles. The van der Waals surface area contributed by atoms with Crippen LogP contribution in [0.1, 0.15) is 30.5 Å². The molecule has 0 aromatic heterocycles. The van der Waals surface area contributed by atoms with Gasteiger partial charge in [0.05, 0.1) is 17.5 Å². The summed E-state index contributed by atoms with van der Waals surface area (Å²) in [5.41, 5.74) is 2.18. The van der Waals surface area contributed by atoms with Crippen molar-refractivity contribution < 1.29 is 13.5 Å². The number of benzene rings is 2. The Bertz CT molecular complexity index is 733. The largest absolute Gasteiger partial charge is 0.394 e. The summed E-state index contributed by atoms with van der Waals surface area (Å²) in [7, 11) is -3.14. The van der Waals surface area contributed by atoms with Crippen LogP contribution in [0.3, 0.4) is 0 Å². The minimum atomic E-state index is -3.14. The van der Waals surface area contributed by atoms with E-state index in [2.05, 4.69) is 12.2 Å². The van der Waals surface area contributed by atoms with Crippen LogP contribution >= 0.6 is 12.4 Å². The Morgan fingerprint density at radius 2 is 1.64 bits per heavy atom. The highest BCUT2D eigenvalue weighted by Gasteiger charge is 2.13. The Morgan fingerprint density at radius 1 is 1.04 bits per heavy atom. The number of aliphatic hydroxyl groups is 1. The van der Waals surface area contributed by atoms with Crippen molar-refractivity contribution in [2.45, 2.75) is 36.7 Å². The molecule has 0 fully saturated rings. The zero-order chi connectivity index (χ0) is 17.6. The number of sulfone groups is 1. The number of hydrogen-bond donors (Lipinski definition) is 2. The molecule has 138 valence electrons. The standard InChI is InChI=1S/C19H25NO3S.ClH/c1-15(20-19(14-21)17-6-4-3-5-7-17)8-9-16-10-12-18(13-11-16)24(2,22)23;/h3-7,10-13,15,19-21H,8-9,14H2,1-2H3;1H. The van der Waals surface area contributed by atoms with E-state index in [1.807, 2.05) is 42.5 Å². The molecule has 0 spiro atoms. The van der Waals surface area contributed by atoms with Crippen molar-refractivity contribution in [3.63, 3.8) is 0 Å². The van der Waals surface area contributed by atoms with E-state index in [4.69, 9.17) is 0 Å². The fraction of sp³-hybridized carbons (Fsp3) is 0.368. The maximum absolute atomic E-state index is 11.5. The zero-order valence-electron chi connectivity index (χ0n) is 14.6. The number of halogens is 1. The lowest BCUT2D eigenvalue weighted by atomic mass is 10.0. The second-order valence-electron chi connectivity index (χ2n) is 6.17. The predicted molar refractivity (Wildman–Crippen MR) is 104 cm³/mol. The summed E-state index contributed by atoms with van der Waals surface area (Å²) < 4.78 is 22.9. The summed E-state index contributed by atoms with van der Waals surface area (Å²) in [6, 6.07) is 17.1. The summed E-state index contributed by atoms with van der Waals surface area (Å²) in [6.07, 6.45) is 2.97. The van der Waals surface area contributed by atoms with Crippen LogP contribution in [-0.2, 0) is 16.3 Å². The lowest BCUT2D eigenvalue weighted by Crippen LogP contribution is -2.33. The smallest absolute Gasteiger partial charge is 0.175 e. The first-order valence-electron chi connectivity index (χ1n) is 8.11. The molecule has 0 saturated heterocycles. The van der Waals surface area contributed by atoms with E-state index in [9.17, 15) is 13.5 Å².